The van der Waals surface area contributed by atoms with Gasteiger partial charge < -0.3 is 25.8 Å². The van der Waals surface area contributed by atoms with Crippen LogP contribution in [0.2, 0.25) is 0 Å². The summed E-state index contributed by atoms with van der Waals surface area (Å²) in [7, 11) is 1.55. The molecule has 0 fully saturated rings. The number of methoxy groups -OCH3 is 1. The first-order valence-corrected chi connectivity index (χ1v) is 13.9. The number of carbonyl (C=O) groups excluding carboxylic acids is 1. The number of aliphatic hydroxyl groups excluding tert-OH is 1. The molecule has 1 aromatic carbocycles. The normalized spacial score (nSPS) is 20.6. The third-order valence-corrected chi connectivity index (χ3v) is 7.19. The van der Waals surface area contributed by atoms with Crippen LogP contribution < -0.4 is 20.7 Å². The molecule has 2 aromatic rings. The van der Waals surface area contributed by atoms with Crippen molar-refractivity contribution in [3.05, 3.63) is 53.1 Å². The fourth-order valence-corrected chi connectivity index (χ4v) is 4.88. The van der Waals surface area contributed by atoms with Gasteiger partial charge in [0.15, 0.2) is 0 Å². The van der Waals surface area contributed by atoms with Crippen LogP contribution in [0.4, 0.5) is 5.82 Å². The number of pyridine rings is 1. The van der Waals surface area contributed by atoms with Crippen molar-refractivity contribution in [3.63, 3.8) is 0 Å². The molecule has 0 saturated heterocycles. The second-order valence-electron chi connectivity index (χ2n) is 10.8. The summed E-state index contributed by atoms with van der Waals surface area (Å²) in [6.07, 6.45) is 6.96. The fraction of sp³-hybridized carbons (Fsp3) is 0.600. The van der Waals surface area contributed by atoms with Gasteiger partial charge in [0.2, 0.25) is 5.88 Å². The molecule has 1 aromatic heterocycles. The molecule has 37 heavy (non-hydrogen) atoms. The van der Waals surface area contributed by atoms with E-state index in [1.165, 1.54) is 36.8 Å². The van der Waals surface area contributed by atoms with Gasteiger partial charge in [-0.1, -0.05) is 77.1 Å². The van der Waals surface area contributed by atoms with Crippen LogP contribution in [0.15, 0.2) is 36.4 Å². The minimum absolute atomic E-state index is 0.225. The first kappa shape index (κ1) is 28.9. The van der Waals surface area contributed by atoms with Gasteiger partial charge in [-0.3, -0.25) is 4.79 Å². The van der Waals surface area contributed by atoms with Crippen LogP contribution in [-0.2, 0) is 6.54 Å². The molecule has 0 spiro atoms. The molecule has 0 saturated carbocycles. The highest BCUT2D eigenvalue weighted by Crippen LogP contribution is 2.21. The number of carbonyl (C=O) groups is 1. The van der Waals surface area contributed by atoms with E-state index in [0.29, 0.717) is 42.2 Å². The minimum Gasteiger partial charge on any atom is -0.481 e. The van der Waals surface area contributed by atoms with Gasteiger partial charge in [-0.2, -0.15) is 4.98 Å². The van der Waals surface area contributed by atoms with Gasteiger partial charge in [-0.25, -0.2) is 0 Å². The maximum atomic E-state index is 13.3. The number of rotatable bonds is 7. The van der Waals surface area contributed by atoms with Gasteiger partial charge in [-0.15, -0.1) is 0 Å². The second kappa shape index (κ2) is 14.9. The quantitative estimate of drug-likeness (QED) is 0.406. The van der Waals surface area contributed by atoms with E-state index in [-0.39, 0.29) is 11.9 Å². The highest BCUT2D eigenvalue weighted by molar-refractivity contribution is 5.95. The number of nitrogens with zero attached hydrogens (tertiary/aromatic N) is 1. The molecule has 3 rings (SSSR count). The molecule has 4 N–H and O–H groups in total. The maximum Gasteiger partial charge on any atom is 0.251 e. The lowest BCUT2D eigenvalue weighted by molar-refractivity contribution is 0.0792. The molecule has 2 bridgehead atoms. The third kappa shape index (κ3) is 9.63. The van der Waals surface area contributed by atoms with E-state index in [0.717, 1.165) is 25.8 Å². The lowest BCUT2D eigenvalue weighted by atomic mass is 9.92. The molecule has 1 aliphatic heterocycles. The average Bonchev–Trinajstić information content (AvgIpc) is 2.89. The highest BCUT2D eigenvalue weighted by atomic mass is 16.5. The number of benzene rings is 1. The molecule has 0 radical (unpaired) electrons. The molecule has 0 unspecified atom stereocenters. The molecule has 2 heterocycles. The summed E-state index contributed by atoms with van der Waals surface area (Å²) in [6.45, 7) is 8.48. The zero-order chi connectivity index (χ0) is 26.6. The number of aliphatic hydroxyl groups is 1. The van der Waals surface area contributed by atoms with Crippen molar-refractivity contribution in [1.29, 1.82) is 0 Å². The highest BCUT2D eigenvalue weighted by Gasteiger charge is 2.25. The topological polar surface area (TPSA) is 95.5 Å². The smallest absolute Gasteiger partial charge is 0.251 e. The van der Waals surface area contributed by atoms with E-state index in [2.05, 4.69) is 66.0 Å². The summed E-state index contributed by atoms with van der Waals surface area (Å²) in [4.78, 5) is 17.7. The minimum atomic E-state index is -0.708. The molecule has 7 nitrogen and oxygen atoms in total. The Morgan fingerprint density at radius 2 is 1.92 bits per heavy atom. The van der Waals surface area contributed by atoms with Crippen LogP contribution in [0.1, 0.15) is 93.1 Å². The van der Waals surface area contributed by atoms with Crippen molar-refractivity contribution >= 4 is 11.7 Å². The molecule has 3 atom stereocenters. The molecular formula is C30H46N4O3. The first-order valence-electron chi connectivity index (χ1n) is 13.9. The molecule has 1 amide bonds. The maximum absolute atomic E-state index is 13.3. The largest absolute Gasteiger partial charge is 0.481 e. The number of nitrogens with one attached hydrogen (secondary N) is 3. The van der Waals surface area contributed by atoms with Crippen molar-refractivity contribution in [2.24, 2.45) is 5.92 Å². The number of ether oxygens (including phenoxy) is 1. The lowest BCUT2D eigenvalue weighted by Gasteiger charge is -2.27. The number of aromatic nitrogens is 1. The lowest BCUT2D eigenvalue weighted by Crippen LogP contribution is -2.48. The molecule has 7 heteroatoms. The standard InChI is InChI=1S/C30H46N4O3/c1-21(2)24-13-10-12-23(16-24)19-31-20-27(35)26-15-22(3)11-8-6-5-7-9-14-32-28-17-25(30(36)33-26)18-29(34-28)37-4/h10,12-13,16-18,21-22,26-27,31,35H,5-9,11,14-15,19-20H2,1-4H3,(H,32,34)(H,33,36)/t22-,26+,27-/m1/s1. The Morgan fingerprint density at radius 3 is 2.70 bits per heavy atom. The molecule has 1 aliphatic rings. The van der Waals surface area contributed by atoms with Gasteiger partial charge in [0, 0.05) is 31.3 Å². The SMILES string of the molecule is COc1cc2cc(n1)NCCCCCCC[C@@H](C)C[C@@H]([C@H](O)CNCc1cccc(C(C)C)c1)NC2=O. The zero-order valence-electron chi connectivity index (χ0n) is 23.1. The number of fused-ring (bicyclic) bond motifs is 2. The Labute approximate surface area is 222 Å². The van der Waals surface area contributed by atoms with Crippen LogP contribution in [0, 0.1) is 5.92 Å². The number of hydrogen-bond acceptors (Lipinski definition) is 6. The molecular weight excluding hydrogens is 464 g/mol. The summed E-state index contributed by atoms with van der Waals surface area (Å²) < 4.78 is 5.34. The third-order valence-electron chi connectivity index (χ3n) is 7.19. The Hall–Kier alpha value is -2.64. The van der Waals surface area contributed by atoms with Gasteiger partial charge >= 0.3 is 0 Å². The number of amides is 1. The second-order valence-corrected chi connectivity index (χ2v) is 10.8. The van der Waals surface area contributed by atoms with Crippen LogP contribution in [0.5, 0.6) is 5.88 Å². The van der Waals surface area contributed by atoms with E-state index >= 15 is 0 Å². The number of anilines is 1. The predicted octanol–water partition coefficient (Wildman–Crippen LogP) is 5.26. The summed E-state index contributed by atoms with van der Waals surface area (Å²) >= 11 is 0. The Bertz CT molecular complexity index is 981. The Morgan fingerprint density at radius 1 is 1.14 bits per heavy atom. The van der Waals surface area contributed by atoms with Gasteiger partial charge in [-0.05, 0) is 41.9 Å². The average molecular weight is 511 g/mol. The van der Waals surface area contributed by atoms with Crippen LogP contribution in [0.3, 0.4) is 0 Å². The first-order chi connectivity index (χ1) is 17.9. The van der Waals surface area contributed by atoms with E-state index in [1.807, 2.05) is 0 Å². The molecule has 0 aliphatic carbocycles. The van der Waals surface area contributed by atoms with E-state index in [1.54, 1.807) is 19.2 Å². The van der Waals surface area contributed by atoms with Crippen molar-refractivity contribution in [1.82, 2.24) is 15.6 Å². The monoisotopic (exact) mass is 510 g/mol. The van der Waals surface area contributed by atoms with Crippen molar-refractivity contribution in [2.75, 3.05) is 25.5 Å². The van der Waals surface area contributed by atoms with Crippen LogP contribution in [-0.4, -0.2) is 48.3 Å². The summed E-state index contributed by atoms with van der Waals surface area (Å²) in [6, 6.07) is 11.6. The summed E-state index contributed by atoms with van der Waals surface area (Å²) in [5.74, 6) is 1.68. The molecule has 204 valence electrons. The van der Waals surface area contributed by atoms with Gasteiger partial charge in [0.05, 0.1) is 19.3 Å². The predicted molar refractivity (Wildman–Crippen MR) is 150 cm³/mol. The Kier molecular flexibility index (Phi) is 11.7. The zero-order valence-corrected chi connectivity index (χ0v) is 23.1. The summed E-state index contributed by atoms with van der Waals surface area (Å²) in [5, 5.41) is 21.0. The van der Waals surface area contributed by atoms with E-state index in [9.17, 15) is 9.90 Å². The summed E-state index contributed by atoms with van der Waals surface area (Å²) in [5.41, 5.74) is 2.97. The Balaban J connectivity index is 1.71. The fourth-order valence-electron chi connectivity index (χ4n) is 4.88. The van der Waals surface area contributed by atoms with Crippen molar-refractivity contribution in [3.8, 4) is 5.88 Å². The van der Waals surface area contributed by atoms with Crippen LogP contribution in [0.25, 0.3) is 0 Å². The number of hydrogen-bond donors (Lipinski definition) is 4. The van der Waals surface area contributed by atoms with Crippen LogP contribution >= 0.6 is 0 Å². The van der Waals surface area contributed by atoms with E-state index in [4.69, 9.17) is 4.74 Å². The van der Waals surface area contributed by atoms with Crippen molar-refractivity contribution < 1.29 is 14.6 Å². The van der Waals surface area contributed by atoms with Crippen molar-refractivity contribution in [2.45, 2.75) is 90.3 Å². The van der Waals surface area contributed by atoms with Gasteiger partial charge in [0.1, 0.15) is 5.82 Å². The van der Waals surface area contributed by atoms with Gasteiger partial charge in [0.25, 0.3) is 5.91 Å². The van der Waals surface area contributed by atoms with E-state index < -0.39 is 6.10 Å².